The first-order valence-electron chi connectivity index (χ1n) is 17.4. The Hall–Kier alpha value is -7.11. The van der Waals surface area contributed by atoms with Gasteiger partial charge in [0.2, 0.25) is 0 Å². The van der Waals surface area contributed by atoms with Gasteiger partial charge in [-0.15, -0.1) is 0 Å². The number of benzene rings is 8. The van der Waals surface area contributed by atoms with Crippen LogP contribution < -0.4 is 4.90 Å². The van der Waals surface area contributed by atoms with Crippen molar-refractivity contribution in [2.24, 2.45) is 0 Å². The minimum absolute atomic E-state index is 0.588. The Kier molecular flexibility index (Phi) is 7.07. The van der Waals surface area contributed by atoms with E-state index in [1.807, 2.05) is 72.8 Å². The molecule has 0 bridgehead atoms. The number of hydrogen-bond donors (Lipinski definition) is 0. The van der Waals surface area contributed by atoms with Gasteiger partial charge in [-0.3, -0.25) is 0 Å². The fourth-order valence-corrected chi connectivity index (χ4v) is 7.24. The van der Waals surface area contributed by atoms with Gasteiger partial charge < -0.3 is 9.32 Å². The summed E-state index contributed by atoms with van der Waals surface area (Å²) in [7, 11) is 0. The van der Waals surface area contributed by atoms with Crippen molar-refractivity contribution < 1.29 is 4.42 Å². The molecule has 8 aromatic carbocycles. The van der Waals surface area contributed by atoms with E-state index in [4.69, 9.17) is 19.4 Å². The maximum Gasteiger partial charge on any atom is 0.164 e. The Morgan fingerprint density at radius 1 is 0.404 bits per heavy atom. The van der Waals surface area contributed by atoms with Gasteiger partial charge in [0.1, 0.15) is 5.58 Å². The third-order valence-electron chi connectivity index (χ3n) is 9.65. The van der Waals surface area contributed by atoms with E-state index in [0.29, 0.717) is 17.5 Å². The molecule has 0 unspecified atom stereocenters. The van der Waals surface area contributed by atoms with Crippen LogP contribution in [0.5, 0.6) is 0 Å². The average molecular weight is 667 g/mol. The van der Waals surface area contributed by atoms with Crippen molar-refractivity contribution in [1.29, 1.82) is 0 Å². The molecule has 0 spiro atoms. The zero-order chi connectivity index (χ0) is 34.4. The van der Waals surface area contributed by atoms with Crippen LogP contribution in [0.3, 0.4) is 0 Å². The summed E-state index contributed by atoms with van der Waals surface area (Å²) in [6.45, 7) is 0. The highest BCUT2D eigenvalue weighted by molar-refractivity contribution is 6.22. The Morgan fingerprint density at radius 2 is 1.00 bits per heavy atom. The number of fused-ring (bicyclic) bond motifs is 5. The fraction of sp³-hybridized carbons (Fsp3) is 0. The number of furan rings is 1. The summed E-state index contributed by atoms with van der Waals surface area (Å²) >= 11 is 0. The summed E-state index contributed by atoms with van der Waals surface area (Å²) in [5.41, 5.74) is 7.34. The number of aromatic nitrogens is 3. The maximum atomic E-state index is 6.98. The zero-order valence-electron chi connectivity index (χ0n) is 28.0. The van der Waals surface area contributed by atoms with E-state index in [1.165, 1.54) is 10.8 Å². The molecule has 10 aromatic rings. The van der Waals surface area contributed by atoms with E-state index < -0.39 is 0 Å². The molecule has 10 rings (SSSR count). The molecule has 0 aliphatic heterocycles. The molecule has 5 nitrogen and oxygen atoms in total. The van der Waals surface area contributed by atoms with Crippen LogP contribution in [0, 0.1) is 0 Å². The van der Waals surface area contributed by atoms with Crippen molar-refractivity contribution in [1.82, 2.24) is 15.0 Å². The van der Waals surface area contributed by atoms with Gasteiger partial charge in [0.25, 0.3) is 0 Å². The Bertz CT molecular complexity index is 2850. The lowest BCUT2D eigenvalue weighted by Crippen LogP contribution is -2.10. The summed E-state index contributed by atoms with van der Waals surface area (Å²) < 4.78 is 6.98. The molecule has 2 heterocycles. The van der Waals surface area contributed by atoms with E-state index in [-0.39, 0.29) is 0 Å². The molecule has 0 saturated heterocycles. The van der Waals surface area contributed by atoms with E-state index in [0.717, 1.165) is 66.5 Å². The summed E-state index contributed by atoms with van der Waals surface area (Å²) in [6.07, 6.45) is 0. The minimum Gasteiger partial charge on any atom is -0.454 e. The van der Waals surface area contributed by atoms with Gasteiger partial charge in [-0.1, -0.05) is 146 Å². The smallest absolute Gasteiger partial charge is 0.164 e. The van der Waals surface area contributed by atoms with Crippen LogP contribution in [-0.4, -0.2) is 15.0 Å². The molecule has 0 aliphatic rings. The third-order valence-corrected chi connectivity index (χ3v) is 9.65. The Labute approximate surface area is 300 Å². The lowest BCUT2D eigenvalue weighted by molar-refractivity contribution is 0.669. The second kappa shape index (κ2) is 12.3. The zero-order valence-corrected chi connectivity index (χ0v) is 28.0. The van der Waals surface area contributed by atoms with Gasteiger partial charge in [-0.25, -0.2) is 15.0 Å². The number of rotatable bonds is 6. The van der Waals surface area contributed by atoms with Gasteiger partial charge in [0.15, 0.2) is 23.1 Å². The molecule has 0 fully saturated rings. The first-order chi connectivity index (χ1) is 25.8. The van der Waals surface area contributed by atoms with Gasteiger partial charge in [0.05, 0.1) is 5.69 Å². The monoisotopic (exact) mass is 666 g/mol. The standard InChI is InChI=1S/C47H30N4O/c1-4-16-32(17-5-1)45-48-46(33-18-6-2-7-19-33)50-47(49-45)39-25-14-26-41-42(39)40-30-35-21-12-13-24-38(35)43(44(40)52-41)51(36-22-8-3-9-23-36)37-28-27-31-15-10-11-20-34(31)29-37/h1-30H. The molecule has 0 radical (unpaired) electrons. The van der Waals surface area contributed by atoms with Crippen molar-refractivity contribution in [2.45, 2.75) is 0 Å². The number of hydrogen-bond acceptors (Lipinski definition) is 5. The molecule has 0 atom stereocenters. The van der Waals surface area contributed by atoms with E-state index in [1.54, 1.807) is 0 Å². The third kappa shape index (κ3) is 5.07. The molecule has 5 heteroatoms. The van der Waals surface area contributed by atoms with E-state index >= 15 is 0 Å². The highest BCUT2D eigenvalue weighted by atomic mass is 16.3. The highest BCUT2D eigenvalue weighted by Crippen LogP contribution is 2.48. The molecular formula is C47H30N4O. The second-order valence-electron chi connectivity index (χ2n) is 12.8. The number of nitrogens with zero attached hydrogens (tertiary/aromatic N) is 4. The van der Waals surface area contributed by atoms with Gasteiger partial charge in [-0.2, -0.15) is 0 Å². The molecule has 0 aliphatic carbocycles. The second-order valence-corrected chi connectivity index (χ2v) is 12.8. The molecule has 52 heavy (non-hydrogen) atoms. The van der Waals surface area contributed by atoms with Gasteiger partial charge in [-0.05, 0) is 52.6 Å². The molecule has 0 N–H and O–H groups in total. The van der Waals surface area contributed by atoms with Crippen LogP contribution in [0.1, 0.15) is 0 Å². The predicted molar refractivity (Wildman–Crippen MR) is 213 cm³/mol. The predicted octanol–water partition coefficient (Wildman–Crippen LogP) is 12.5. The van der Waals surface area contributed by atoms with Crippen molar-refractivity contribution >= 4 is 60.5 Å². The van der Waals surface area contributed by atoms with Crippen LogP contribution in [-0.2, 0) is 0 Å². The van der Waals surface area contributed by atoms with Crippen LogP contribution in [0.25, 0.3) is 77.6 Å². The first-order valence-corrected chi connectivity index (χ1v) is 17.4. The van der Waals surface area contributed by atoms with Crippen molar-refractivity contribution in [3.8, 4) is 34.2 Å². The summed E-state index contributed by atoms with van der Waals surface area (Å²) in [5.74, 6) is 1.82. The SMILES string of the molecule is c1ccc(-c2nc(-c3ccccc3)nc(-c3cccc4oc5c(N(c6ccccc6)c6ccc7ccccc7c6)c6ccccc6cc5c34)n2)cc1. The Balaban J connectivity index is 1.28. The topological polar surface area (TPSA) is 55.1 Å². The number of para-hydroxylation sites is 1. The summed E-state index contributed by atoms with van der Waals surface area (Å²) in [4.78, 5) is 17.5. The van der Waals surface area contributed by atoms with E-state index in [2.05, 4.69) is 114 Å². The fourth-order valence-electron chi connectivity index (χ4n) is 7.24. The van der Waals surface area contributed by atoms with Crippen molar-refractivity contribution in [3.05, 3.63) is 182 Å². The van der Waals surface area contributed by atoms with Crippen molar-refractivity contribution in [2.75, 3.05) is 4.90 Å². The van der Waals surface area contributed by atoms with Crippen molar-refractivity contribution in [3.63, 3.8) is 0 Å². The lowest BCUT2D eigenvalue weighted by Gasteiger charge is -2.27. The average Bonchev–Trinajstić information content (AvgIpc) is 3.60. The summed E-state index contributed by atoms with van der Waals surface area (Å²) in [5, 5.41) is 6.50. The highest BCUT2D eigenvalue weighted by Gasteiger charge is 2.25. The largest absolute Gasteiger partial charge is 0.454 e. The van der Waals surface area contributed by atoms with Gasteiger partial charge >= 0.3 is 0 Å². The van der Waals surface area contributed by atoms with E-state index in [9.17, 15) is 0 Å². The first kappa shape index (κ1) is 29.8. The lowest BCUT2D eigenvalue weighted by atomic mass is 9.99. The van der Waals surface area contributed by atoms with Crippen LogP contribution in [0.15, 0.2) is 186 Å². The van der Waals surface area contributed by atoms with Crippen LogP contribution in [0.2, 0.25) is 0 Å². The molecular weight excluding hydrogens is 637 g/mol. The minimum atomic E-state index is 0.588. The Morgan fingerprint density at radius 3 is 1.71 bits per heavy atom. The molecule has 0 saturated carbocycles. The molecule has 244 valence electrons. The van der Waals surface area contributed by atoms with Crippen LogP contribution >= 0.6 is 0 Å². The summed E-state index contributed by atoms with van der Waals surface area (Å²) in [6, 6.07) is 62.7. The quantitative estimate of drug-likeness (QED) is 0.177. The number of anilines is 3. The van der Waals surface area contributed by atoms with Crippen LogP contribution in [0.4, 0.5) is 17.1 Å². The van der Waals surface area contributed by atoms with Gasteiger partial charge in [0, 0.05) is 44.2 Å². The normalized spacial score (nSPS) is 11.5. The molecule has 2 aromatic heterocycles. The maximum absolute atomic E-state index is 6.98. The molecule has 0 amide bonds.